The van der Waals surface area contributed by atoms with Gasteiger partial charge >= 0.3 is 17.9 Å². The highest BCUT2D eigenvalue weighted by molar-refractivity contribution is 5.71. The predicted molar refractivity (Wildman–Crippen MR) is 283 cm³/mol. The Morgan fingerprint density at radius 1 is 0.333 bits per heavy atom. The molecule has 0 spiro atoms. The van der Waals surface area contributed by atoms with E-state index in [1.54, 1.807) is 0 Å². The highest BCUT2D eigenvalue weighted by Gasteiger charge is 2.19. The molecule has 0 rings (SSSR count). The molecule has 6 heteroatoms. The van der Waals surface area contributed by atoms with Gasteiger partial charge in [0.2, 0.25) is 0 Å². The second-order valence-corrected chi connectivity index (χ2v) is 17.5. The van der Waals surface area contributed by atoms with Gasteiger partial charge in [0.25, 0.3) is 0 Å². The van der Waals surface area contributed by atoms with E-state index in [-0.39, 0.29) is 37.5 Å². The molecular formula is C60H98O6. The first-order valence-electron chi connectivity index (χ1n) is 27.0. The summed E-state index contributed by atoms with van der Waals surface area (Å²) in [6.45, 7) is 6.38. The molecule has 6 nitrogen and oxygen atoms in total. The van der Waals surface area contributed by atoms with E-state index in [4.69, 9.17) is 14.2 Å². The van der Waals surface area contributed by atoms with E-state index in [1.807, 2.05) is 24.3 Å². The van der Waals surface area contributed by atoms with Crippen LogP contribution in [0.3, 0.4) is 0 Å². The van der Waals surface area contributed by atoms with Gasteiger partial charge in [-0.05, 0) is 89.9 Å². The Bertz CT molecular complexity index is 1370. The fraction of sp³-hybridized carbons (Fsp3) is 0.650. The van der Waals surface area contributed by atoms with Crippen LogP contribution in [0.4, 0.5) is 0 Å². The summed E-state index contributed by atoms with van der Waals surface area (Å²) >= 11 is 0. The van der Waals surface area contributed by atoms with Crippen molar-refractivity contribution in [1.82, 2.24) is 0 Å². The first-order valence-corrected chi connectivity index (χ1v) is 27.0. The van der Waals surface area contributed by atoms with Gasteiger partial charge in [0, 0.05) is 19.3 Å². The zero-order chi connectivity index (χ0) is 47.9. The number of unbranched alkanes of at least 4 members (excludes halogenated alkanes) is 23. The molecule has 66 heavy (non-hydrogen) atoms. The fourth-order valence-electron chi connectivity index (χ4n) is 7.09. The maximum Gasteiger partial charge on any atom is 0.306 e. The van der Waals surface area contributed by atoms with Crippen LogP contribution in [0.25, 0.3) is 0 Å². The normalized spacial score (nSPS) is 13.0. The first kappa shape index (κ1) is 62.1. The highest BCUT2D eigenvalue weighted by atomic mass is 16.6. The van der Waals surface area contributed by atoms with Crippen molar-refractivity contribution in [3.05, 3.63) is 109 Å². The van der Waals surface area contributed by atoms with Crippen LogP contribution in [-0.2, 0) is 28.6 Å². The summed E-state index contributed by atoms with van der Waals surface area (Å²) in [6.07, 6.45) is 72.1. The summed E-state index contributed by atoms with van der Waals surface area (Å²) in [5.74, 6) is -0.966. The van der Waals surface area contributed by atoms with E-state index in [1.165, 1.54) is 77.0 Å². The third-order valence-corrected chi connectivity index (χ3v) is 11.1. The lowest BCUT2D eigenvalue weighted by Crippen LogP contribution is -2.30. The van der Waals surface area contributed by atoms with Crippen molar-refractivity contribution in [1.29, 1.82) is 0 Å². The number of carbonyl (C=O) groups is 3. The molecule has 0 aliphatic heterocycles. The maximum absolute atomic E-state index is 12.8. The first-order chi connectivity index (χ1) is 32.5. The lowest BCUT2D eigenvalue weighted by Gasteiger charge is -2.18. The van der Waals surface area contributed by atoms with Crippen LogP contribution in [0.1, 0.15) is 233 Å². The zero-order valence-corrected chi connectivity index (χ0v) is 42.7. The minimum absolute atomic E-state index is 0.103. The minimum Gasteiger partial charge on any atom is -0.462 e. The SMILES string of the molecule is CC/C=C\C/C=C\CCCCCCCCCC(=O)OCC(COC(=O)CCCCCCC\C=C/C=C\C=C/C=C\C=C/CCC)OC(=O)CCCCC/C=C\C=C/CCCCCCCCC. The summed E-state index contributed by atoms with van der Waals surface area (Å²) in [5, 5.41) is 0. The van der Waals surface area contributed by atoms with Crippen molar-refractivity contribution in [3.63, 3.8) is 0 Å². The molecule has 0 heterocycles. The number of ether oxygens (including phenoxy) is 3. The molecule has 0 fully saturated rings. The van der Waals surface area contributed by atoms with Crippen LogP contribution >= 0.6 is 0 Å². The molecular weight excluding hydrogens is 817 g/mol. The van der Waals surface area contributed by atoms with Crippen LogP contribution in [0, 0.1) is 0 Å². The molecule has 0 N–H and O–H groups in total. The van der Waals surface area contributed by atoms with Crippen LogP contribution in [-0.4, -0.2) is 37.2 Å². The van der Waals surface area contributed by atoms with Gasteiger partial charge < -0.3 is 14.2 Å². The quantitative estimate of drug-likeness (QED) is 0.0199. The van der Waals surface area contributed by atoms with Gasteiger partial charge in [-0.2, -0.15) is 0 Å². The van der Waals surface area contributed by atoms with Crippen molar-refractivity contribution in [2.24, 2.45) is 0 Å². The monoisotopic (exact) mass is 915 g/mol. The average molecular weight is 915 g/mol. The number of esters is 3. The molecule has 0 aliphatic rings. The van der Waals surface area contributed by atoms with E-state index in [9.17, 15) is 14.4 Å². The topological polar surface area (TPSA) is 78.9 Å². The van der Waals surface area contributed by atoms with E-state index in [0.29, 0.717) is 12.8 Å². The second kappa shape index (κ2) is 53.7. The van der Waals surface area contributed by atoms with Crippen LogP contribution in [0.2, 0.25) is 0 Å². The Labute approximate surface area is 406 Å². The molecule has 1 unspecified atom stereocenters. The van der Waals surface area contributed by atoms with Crippen molar-refractivity contribution < 1.29 is 28.6 Å². The number of hydrogen-bond acceptors (Lipinski definition) is 6. The van der Waals surface area contributed by atoms with Crippen LogP contribution in [0.15, 0.2) is 109 Å². The Hall–Kier alpha value is -3.93. The van der Waals surface area contributed by atoms with Crippen LogP contribution in [0.5, 0.6) is 0 Å². The molecule has 1 atom stereocenters. The van der Waals surface area contributed by atoms with Crippen molar-refractivity contribution in [3.8, 4) is 0 Å². The molecule has 0 amide bonds. The molecule has 0 saturated carbocycles. The Morgan fingerprint density at radius 2 is 0.682 bits per heavy atom. The minimum atomic E-state index is -0.808. The molecule has 0 aromatic heterocycles. The number of hydrogen-bond donors (Lipinski definition) is 0. The second-order valence-electron chi connectivity index (χ2n) is 17.5. The maximum atomic E-state index is 12.8. The molecule has 0 aliphatic carbocycles. The summed E-state index contributed by atoms with van der Waals surface area (Å²) < 4.78 is 16.8. The summed E-state index contributed by atoms with van der Waals surface area (Å²) in [5.41, 5.74) is 0. The summed E-state index contributed by atoms with van der Waals surface area (Å²) in [7, 11) is 0. The molecule has 0 saturated heterocycles. The van der Waals surface area contributed by atoms with Gasteiger partial charge in [-0.25, -0.2) is 0 Å². The van der Waals surface area contributed by atoms with E-state index >= 15 is 0 Å². The van der Waals surface area contributed by atoms with Gasteiger partial charge in [-0.3, -0.25) is 14.4 Å². The van der Waals surface area contributed by atoms with Gasteiger partial charge in [0.1, 0.15) is 13.2 Å². The summed E-state index contributed by atoms with van der Waals surface area (Å²) in [4.78, 5) is 38.1. The van der Waals surface area contributed by atoms with E-state index in [0.717, 1.165) is 116 Å². The molecule has 0 bridgehead atoms. The Morgan fingerprint density at radius 3 is 1.14 bits per heavy atom. The van der Waals surface area contributed by atoms with Gasteiger partial charge in [0.05, 0.1) is 0 Å². The average Bonchev–Trinajstić information content (AvgIpc) is 3.31. The van der Waals surface area contributed by atoms with Crippen molar-refractivity contribution in [2.45, 2.75) is 239 Å². The lowest BCUT2D eigenvalue weighted by atomic mass is 10.1. The smallest absolute Gasteiger partial charge is 0.306 e. The van der Waals surface area contributed by atoms with E-state index in [2.05, 4.69) is 106 Å². The largest absolute Gasteiger partial charge is 0.462 e. The highest BCUT2D eigenvalue weighted by Crippen LogP contribution is 2.14. The third-order valence-electron chi connectivity index (χ3n) is 11.1. The van der Waals surface area contributed by atoms with Gasteiger partial charge in [-0.15, -0.1) is 0 Å². The van der Waals surface area contributed by atoms with Crippen molar-refractivity contribution in [2.75, 3.05) is 13.2 Å². The molecule has 0 aromatic rings. The zero-order valence-electron chi connectivity index (χ0n) is 42.7. The summed E-state index contributed by atoms with van der Waals surface area (Å²) in [6, 6.07) is 0. The van der Waals surface area contributed by atoms with Gasteiger partial charge in [-0.1, -0.05) is 233 Å². The van der Waals surface area contributed by atoms with Crippen LogP contribution < -0.4 is 0 Å². The third kappa shape index (κ3) is 51.1. The number of rotatable bonds is 47. The fourth-order valence-corrected chi connectivity index (χ4v) is 7.09. The molecule has 0 aromatic carbocycles. The Balaban J connectivity index is 4.51. The standard InChI is InChI=1S/C60H98O6/c1-4-7-10-13-16-19-22-25-28-30-31-33-35-38-41-44-47-50-53-59(62)65-56-57(55-64-58(61)52-49-46-43-40-37-34-27-24-21-18-15-12-9-6-3)66-60(63)54-51-48-45-42-39-36-32-29-26-23-20-17-14-11-8-5-2/h9-10,12-13,16,18-19,21-22,25,28-33,36,39,57H,4-8,11,14-15,17,20,23-24,26-27,34-35,37-38,40-56H2,1-3H3/b12-9-,13-10-,19-16-,21-18-,25-22-,30-28-,32-29-,33-31-,39-36-. The Kier molecular flexibility index (Phi) is 50.5. The molecule has 374 valence electrons. The molecule has 0 radical (unpaired) electrons. The number of carbonyl (C=O) groups excluding carboxylic acids is 3. The van der Waals surface area contributed by atoms with E-state index < -0.39 is 6.10 Å². The number of allylic oxidation sites excluding steroid dienone is 18. The van der Waals surface area contributed by atoms with Gasteiger partial charge in [0.15, 0.2) is 6.10 Å². The van der Waals surface area contributed by atoms with Crippen molar-refractivity contribution >= 4 is 17.9 Å². The predicted octanol–water partition coefficient (Wildman–Crippen LogP) is 17.9. The lowest BCUT2D eigenvalue weighted by molar-refractivity contribution is -0.167.